The van der Waals surface area contributed by atoms with Crippen LogP contribution in [0.25, 0.3) is 0 Å². The maximum atomic E-state index is 6.29. The van der Waals surface area contributed by atoms with Gasteiger partial charge in [0.15, 0.2) is 0 Å². The lowest BCUT2D eigenvalue weighted by atomic mass is 10.0. The summed E-state index contributed by atoms with van der Waals surface area (Å²) in [6.07, 6.45) is 0. The minimum atomic E-state index is -0.107. The van der Waals surface area contributed by atoms with Gasteiger partial charge in [-0.25, -0.2) is 0 Å². The van der Waals surface area contributed by atoms with E-state index in [4.69, 9.17) is 10.5 Å². The van der Waals surface area contributed by atoms with Gasteiger partial charge in [-0.05, 0) is 37.6 Å². The normalized spacial score (nSPS) is 12.5. The van der Waals surface area contributed by atoms with Crippen molar-refractivity contribution in [3.8, 4) is 5.75 Å². The zero-order chi connectivity index (χ0) is 12.4. The molecule has 0 aliphatic heterocycles. The number of rotatable bonds is 3. The van der Waals surface area contributed by atoms with Gasteiger partial charge in [0, 0.05) is 15.3 Å². The van der Waals surface area contributed by atoms with Crippen LogP contribution >= 0.6 is 11.3 Å². The quantitative estimate of drug-likeness (QED) is 0.902. The van der Waals surface area contributed by atoms with Crippen molar-refractivity contribution in [2.45, 2.75) is 19.9 Å². The molecule has 2 aromatic rings. The van der Waals surface area contributed by atoms with Crippen molar-refractivity contribution >= 4 is 11.3 Å². The molecule has 1 aromatic carbocycles. The first-order valence-corrected chi connectivity index (χ1v) is 6.40. The van der Waals surface area contributed by atoms with Gasteiger partial charge in [-0.3, -0.25) is 0 Å². The number of hydrogen-bond acceptors (Lipinski definition) is 3. The average Bonchev–Trinajstić information content (AvgIpc) is 2.75. The summed E-state index contributed by atoms with van der Waals surface area (Å²) in [7, 11) is 1.69. The molecule has 1 heterocycles. The molecule has 0 fully saturated rings. The number of methoxy groups -OCH3 is 1. The van der Waals surface area contributed by atoms with Gasteiger partial charge in [-0.15, -0.1) is 11.3 Å². The third-order valence-electron chi connectivity index (χ3n) is 2.79. The smallest absolute Gasteiger partial charge is 0.124 e. The number of nitrogens with two attached hydrogens (primary N) is 1. The van der Waals surface area contributed by atoms with Gasteiger partial charge >= 0.3 is 0 Å². The Morgan fingerprint density at radius 2 is 1.94 bits per heavy atom. The van der Waals surface area contributed by atoms with Crippen molar-refractivity contribution in [2.24, 2.45) is 5.73 Å². The van der Waals surface area contributed by atoms with Gasteiger partial charge in [0.05, 0.1) is 13.2 Å². The van der Waals surface area contributed by atoms with Crippen LogP contribution in [-0.2, 0) is 0 Å². The number of hydrogen-bond donors (Lipinski definition) is 1. The molecule has 0 radical (unpaired) electrons. The molecule has 0 spiro atoms. The number of benzene rings is 1. The standard InChI is InChI=1S/C14H17NOS/c1-9-4-6-11(12(8-9)16-3)14(15)13-7-5-10(2)17-13/h4-8,14H,15H2,1-3H3. The van der Waals surface area contributed by atoms with Crippen molar-refractivity contribution < 1.29 is 4.74 Å². The summed E-state index contributed by atoms with van der Waals surface area (Å²) in [6, 6.07) is 10.2. The molecule has 0 aliphatic rings. The molecule has 0 aliphatic carbocycles. The Labute approximate surface area is 106 Å². The fourth-order valence-electron chi connectivity index (χ4n) is 1.85. The van der Waals surface area contributed by atoms with Crippen molar-refractivity contribution in [1.82, 2.24) is 0 Å². The van der Waals surface area contributed by atoms with E-state index in [-0.39, 0.29) is 6.04 Å². The second-order valence-electron chi connectivity index (χ2n) is 4.17. The van der Waals surface area contributed by atoms with Gasteiger partial charge in [0.25, 0.3) is 0 Å². The van der Waals surface area contributed by atoms with Gasteiger partial charge in [0.1, 0.15) is 5.75 Å². The number of thiophene rings is 1. The van der Waals surface area contributed by atoms with Gasteiger partial charge in [-0.2, -0.15) is 0 Å². The molecule has 0 saturated carbocycles. The van der Waals surface area contributed by atoms with Crippen molar-refractivity contribution in [3.63, 3.8) is 0 Å². The lowest BCUT2D eigenvalue weighted by Gasteiger charge is -2.15. The van der Waals surface area contributed by atoms with E-state index >= 15 is 0 Å². The molecular weight excluding hydrogens is 230 g/mol. The average molecular weight is 247 g/mol. The lowest BCUT2D eigenvalue weighted by molar-refractivity contribution is 0.407. The predicted octanol–water partition coefficient (Wildman–Crippen LogP) is 3.42. The molecule has 0 saturated heterocycles. The molecule has 2 rings (SSSR count). The minimum absolute atomic E-state index is 0.107. The molecule has 2 nitrogen and oxygen atoms in total. The molecule has 3 heteroatoms. The first kappa shape index (κ1) is 12.1. The molecule has 17 heavy (non-hydrogen) atoms. The molecule has 1 atom stereocenters. The Morgan fingerprint density at radius 1 is 1.18 bits per heavy atom. The maximum Gasteiger partial charge on any atom is 0.124 e. The summed E-state index contributed by atoms with van der Waals surface area (Å²) < 4.78 is 5.40. The maximum absolute atomic E-state index is 6.29. The van der Waals surface area contributed by atoms with Gasteiger partial charge < -0.3 is 10.5 Å². The van der Waals surface area contributed by atoms with E-state index in [1.807, 2.05) is 19.1 Å². The summed E-state index contributed by atoms with van der Waals surface area (Å²) in [5.41, 5.74) is 8.51. The van der Waals surface area contributed by atoms with E-state index in [0.29, 0.717) is 0 Å². The van der Waals surface area contributed by atoms with Crippen molar-refractivity contribution in [3.05, 3.63) is 51.2 Å². The van der Waals surface area contributed by atoms with Gasteiger partial charge in [-0.1, -0.05) is 12.1 Å². The van der Waals surface area contributed by atoms with Crippen LogP contribution in [0.1, 0.15) is 26.9 Å². The fourth-order valence-corrected chi connectivity index (χ4v) is 2.75. The highest BCUT2D eigenvalue weighted by atomic mass is 32.1. The zero-order valence-electron chi connectivity index (χ0n) is 10.4. The Kier molecular flexibility index (Phi) is 3.50. The van der Waals surface area contributed by atoms with Crippen molar-refractivity contribution in [2.75, 3.05) is 7.11 Å². The van der Waals surface area contributed by atoms with E-state index in [1.54, 1.807) is 18.4 Å². The summed E-state index contributed by atoms with van der Waals surface area (Å²) >= 11 is 1.73. The van der Waals surface area contributed by atoms with Crippen LogP contribution < -0.4 is 10.5 Å². The fraction of sp³-hybridized carbons (Fsp3) is 0.286. The van der Waals surface area contributed by atoms with Crippen LogP contribution in [0.3, 0.4) is 0 Å². The number of aryl methyl sites for hydroxylation is 2. The molecule has 1 aromatic heterocycles. The Bertz CT molecular complexity index is 519. The first-order valence-electron chi connectivity index (χ1n) is 5.58. The van der Waals surface area contributed by atoms with Crippen LogP contribution in [0, 0.1) is 13.8 Å². The van der Waals surface area contributed by atoms with Crippen LogP contribution in [-0.4, -0.2) is 7.11 Å². The van der Waals surface area contributed by atoms with Crippen LogP contribution in [0.2, 0.25) is 0 Å². The monoisotopic (exact) mass is 247 g/mol. The third kappa shape index (κ3) is 2.51. The second kappa shape index (κ2) is 4.90. The van der Waals surface area contributed by atoms with Crippen LogP contribution in [0.15, 0.2) is 30.3 Å². The highest BCUT2D eigenvalue weighted by Crippen LogP contribution is 2.32. The Hall–Kier alpha value is -1.32. The summed E-state index contributed by atoms with van der Waals surface area (Å²) in [5, 5.41) is 0. The predicted molar refractivity (Wildman–Crippen MR) is 72.8 cm³/mol. The second-order valence-corrected chi connectivity index (χ2v) is 5.49. The van der Waals surface area contributed by atoms with E-state index in [9.17, 15) is 0 Å². The van der Waals surface area contributed by atoms with E-state index in [1.165, 1.54) is 15.3 Å². The summed E-state index contributed by atoms with van der Waals surface area (Å²) in [5.74, 6) is 0.864. The zero-order valence-corrected chi connectivity index (χ0v) is 11.2. The Morgan fingerprint density at radius 3 is 2.53 bits per heavy atom. The van der Waals surface area contributed by atoms with Crippen LogP contribution in [0.4, 0.5) is 0 Å². The first-order chi connectivity index (χ1) is 8.11. The SMILES string of the molecule is COc1cc(C)ccc1C(N)c1ccc(C)s1. The highest BCUT2D eigenvalue weighted by Gasteiger charge is 2.15. The molecule has 1 unspecified atom stereocenters. The Balaban J connectivity index is 2.39. The molecule has 90 valence electrons. The molecule has 2 N–H and O–H groups in total. The molecular formula is C14H17NOS. The molecule has 0 amide bonds. The van der Waals surface area contributed by atoms with E-state index in [2.05, 4.69) is 25.1 Å². The molecule has 0 bridgehead atoms. The van der Waals surface area contributed by atoms with E-state index in [0.717, 1.165) is 11.3 Å². The lowest BCUT2D eigenvalue weighted by Crippen LogP contribution is -2.11. The number of ether oxygens (including phenoxy) is 1. The summed E-state index contributed by atoms with van der Waals surface area (Å²) in [6.45, 7) is 4.14. The van der Waals surface area contributed by atoms with Crippen molar-refractivity contribution in [1.29, 1.82) is 0 Å². The topological polar surface area (TPSA) is 35.2 Å². The third-order valence-corrected chi connectivity index (χ3v) is 3.88. The summed E-state index contributed by atoms with van der Waals surface area (Å²) in [4.78, 5) is 2.45. The minimum Gasteiger partial charge on any atom is -0.496 e. The largest absolute Gasteiger partial charge is 0.496 e. The van der Waals surface area contributed by atoms with E-state index < -0.39 is 0 Å². The van der Waals surface area contributed by atoms with Gasteiger partial charge in [0.2, 0.25) is 0 Å². The highest BCUT2D eigenvalue weighted by molar-refractivity contribution is 7.12. The van der Waals surface area contributed by atoms with Crippen LogP contribution in [0.5, 0.6) is 5.75 Å².